The second-order valence-corrected chi connectivity index (χ2v) is 7.59. The molecule has 0 spiro atoms. The van der Waals surface area contributed by atoms with Crippen molar-refractivity contribution in [2.45, 2.75) is 0 Å². The summed E-state index contributed by atoms with van der Waals surface area (Å²) in [5, 5.41) is 0.971. The molecule has 0 unspecified atom stereocenters. The molecule has 0 aliphatic heterocycles. The molecule has 0 bridgehead atoms. The molecule has 25 heavy (non-hydrogen) atoms. The number of aryl methyl sites for hydroxylation is 2. The molecule has 0 radical (unpaired) electrons. The van der Waals surface area contributed by atoms with Crippen LogP contribution >= 0.6 is 22.7 Å². The maximum absolute atomic E-state index is 4.55. The molecule has 4 aromatic rings. The number of thiazole rings is 2. The lowest BCUT2D eigenvalue weighted by Gasteiger charge is -1.92. The fourth-order valence-corrected chi connectivity index (χ4v) is 4.66. The van der Waals surface area contributed by atoms with E-state index >= 15 is 0 Å². The van der Waals surface area contributed by atoms with Gasteiger partial charge >= 0.3 is 5.13 Å². The number of aliphatic imine (C=N–C) groups is 1. The van der Waals surface area contributed by atoms with Crippen molar-refractivity contribution in [3.8, 4) is 0 Å². The standard InChI is InChI=1S/C19H17N4S2/c1-22-14-8-3-5-10-16(14)24-18(22)20-12-7-13-21-19-23(2)15-9-4-6-11-17(15)25-19/h3-13H,1-2H3/q+1. The maximum Gasteiger partial charge on any atom is 0.382 e. The van der Waals surface area contributed by atoms with Gasteiger partial charge in [0.15, 0.2) is 4.80 Å². The molecule has 0 N–H and O–H groups in total. The number of rotatable bonds is 3. The molecule has 4 nitrogen and oxygen atoms in total. The van der Waals surface area contributed by atoms with Crippen molar-refractivity contribution in [1.82, 2.24) is 4.57 Å². The number of aromatic nitrogens is 2. The lowest BCUT2D eigenvalue weighted by atomic mass is 10.3. The molecule has 2 aromatic carbocycles. The Balaban J connectivity index is 1.58. The predicted molar refractivity (Wildman–Crippen MR) is 107 cm³/mol. The fraction of sp³-hybridized carbons (Fsp3) is 0.105. The van der Waals surface area contributed by atoms with Crippen molar-refractivity contribution in [2.24, 2.45) is 24.1 Å². The Hall–Kier alpha value is -2.57. The lowest BCUT2D eigenvalue weighted by molar-refractivity contribution is -0.627. The zero-order valence-corrected chi connectivity index (χ0v) is 15.6. The van der Waals surface area contributed by atoms with Crippen molar-refractivity contribution in [1.29, 1.82) is 0 Å². The van der Waals surface area contributed by atoms with E-state index in [1.807, 2.05) is 32.3 Å². The van der Waals surface area contributed by atoms with Crippen LogP contribution in [-0.4, -0.2) is 10.8 Å². The highest BCUT2D eigenvalue weighted by Crippen LogP contribution is 2.24. The van der Waals surface area contributed by atoms with Crippen molar-refractivity contribution < 1.29 is 4.57 Å². The zero-order chi connectivity index (χ0) is 17.2. The number of allylic oxidation sites excluding steroid dienone is 1. The molecule has 0 saturated heterocycles. The van der Waals surface area contributed by atoms with Crippen LogP contribution in [0, 0.1) is 0 Å². The summed E-state index contributed by atoms with van der Waals surface area (Å²) >= 11 is 3.36. The quantitative estimate of drug-likeness (QED) is 0.387. The van der Waals surface area contributed by atoms with Gasteiger partial charge in [0.25, 0.3) is 0 Å². The van der Waals surface area contributed by atoms with E-state index in [4.69, 9.17) is 0 Å². The first kappa shape index (κ1) is 15.9. The third-order valence-electron chi connectivity index (χ3n) is 3.97. The second kappa shape index (κ2) is 6.74. The van der Waals surface area contributed by atoms with Crippen molar-refractivity contribution >= 4 is 54.5 Å². The molecular formula is C19H17N4S2+. The Bertz CT molecular complexity index is 1180. The summed E-state index contributed by atoms with van der Waals surface area (Å²) in [7, 11) is 4.08. The van der Waals surface area contributed by atoms with E-state index in [2.05, 4.69) is 55.5 Å². The van der Waals surface area contributed by atoms with Gasteiger partial charge in [0.05, 0.1) is 22.0 Å². The highest BCUT2D eigenvalue weighted by molar-refractivity contribution is 7.21. The van der Waals surface area contributed by atoms with Gasteiger partial charge < -0.3 is 4.57 Å². The summed E-state index contributed by atoms with van der Waals surface area (Å²) in [6, 6.07) is 16.6. The minimum atomic E-state index is 0.971. The summed E-state index contributed by atoms with van der Waals surface area (Å²) in [4.78, 5) is 10.1. The predicted octanol–water partition coefficient (Wildman–Crippen LogP) is 4.10. The maximum atomic E-state index is 4.55. The van der Waals surface area contributed by atoms with Gasteiger partial charge in [-0.15, -0.1) is 0 Å². The minimum Gasteiger partial charge on any atom is -0.320 e. The highest BCUT2D eigenvalue weighted by atomic mass is 32.1. The van der Waals surface area contributed by atoms with Crippen molar-refractivity contribution in [3.63, 3.8) is 0 Å². The van der Waals surface area contributed by atoms with Crippen LogP contribution in [0.25, 0.3) is 20.4 Å². The summed E-state index contributed by atoms with van der Waals surface area (Å²) in [6.45, 7) is 0. The van der Waals surface area contributed by atoms with E-state index in [1.54, 1.807) is 35.1 Å². The molecule has 0 saturated carbocycles. The smallest absolute Gasteiger partial charge is 0.320 e. The fourth-order valence-electron chi connectivity index (χ4n) is 2.66. The van der Waals surface area contributed by atoms with Crippen LogP contribution in [0.4, 0.5) is 5.13 Å². The molecule has 124 valence electrons. The van der Waals surface area contributed by atoms with Crippen molar-refractivity contribution in [3.05, 3.63) is 65.6 Å². The van der Waals surface area contributed by atoms with E-state index in [0.29, 0.717) is 0 Å². The lowest BCUT2D eigenvalue weighted by Crippen LogP contribution is -2.25. The third kappa shape index (κ3) is 3.06. The molecule has 0 atom stereocenters. The molecule has 2 aromatic heterocycles. The monoisotopic (exact) mass is 365 g/mol. The van der Waals surface area contributed by atoms with Crippen LogP contribution in [0.5, 0.6) is 0 Å². The third-order valence-corrected chi connectivity index (χ3v) is 6.23. The van der Waals surface area contributed by atoms with Crippen LogP contribution < -0.4 is 9.37 Å². The SMILES string of the molecule is Cn1c(=N/C=C/C=N/c2sc3ccccc3[n+]2C)sc2ccccc21. The number of hydrogen-bond acceptors (Lipinski definition) is 4. The largest absolute Gasteiger partial charge is 0.382 e. The Kier molecular flexibility index (Phi) is 4.29. The van der Waals surface area contributed by atoms with Crippen LogP contribution in [0.2, 0.25) is 0 Å². The van der Waals surface area contributed by atoms with Crippen LogP contribution in [0.3, 0.4) is 0 Å². The summed E-state index contributed by atoms with van der Waals surface area (Å²) in [5.74, 6) is 0. The molecule has 0 aliphatic carbocycles. The van der Waals surface area contributed by atoms with Gasteiger partial charge in [0.2, 0.25) is 0 Å². The summed E-state index contributed by atoms with van der Waals surface area (Å²) in [6.07, 6.45) is 5.46. The average Bonchev–Trinajstić information content (AvgIpc) is 3.13. The molecule has 6 heteroatoms. The number of benzene rings is 2. The van der Waals surface area contributed by atoms with Gasteiger partial charge in [0, 0.05) is 19.3 Å². The van der Waals surface area contributed by atoms with E-state index in [0.717, 1.165) is 9.93 Å². The molecule has 0 amide bonds. The van der Waals surface area contributed by atoms with Crippen LogP contribution in [-0.2, 0) is 14.1 Å². The highest BCUT2D eigenvalue weighted by Gasteiger charge is 2.12. The molecule has 4 rings (SSSR count). The van der Waals surface area contributed by atoms with Crippen LogP contribution in [0.15, 0.2) is 70.8 Å². The van der Waals surface area contributed by atoms with Gasteiger partial charge in [-0.25, -0.2) is 9.56 Å². The van der Waals surface area contributed by atoms with Gasteiger partial charge in [-0.05, 0) is 40.6 Å². The Morgan fingerprint density at radius 3 is 2.56 bits per heavy atom. The van der Waals surface area contributed by atoms with Gasteiger partial charge in [0.1, 0.15) is 11.7 Å². The summed E-state index contributed by atoms with van der Waals surface area (Å²) < 4.78 is 6.69. The Morgan fingerprint density at radius 2 is 1.76 bits per heavy atom. The first-order valence-corrected chi connectivity index (χ1v) is 9.52. The minimum absolute atomic E-state index is 0.971. The van der Waals surface area contributed by atoms with Gasteiger partial charge in [-0.3, -0.25) is 0 Å². The normalized spacial score (nSPS) is 13.1. The number of hydrogen-bond donors (Lipinski definition) is 0. The number of fused-ring (bicyclic) bond motifs is 2. The molecular weight excluding hydrogens is 348 g/mol. The average molecular weight is 366 g/mol. The van der Waals surface area contributed by atoms with Gasteiger partial charge in [-0.2, -0.15) is 0 Å². The Morgan fingerprint density at radius 1 is 1.00 bits per heavy atom. The first-order chi connectivity index (χ1) is 12.2. The van der Waals surface area contributed by atoms with Crippen LogP contribution in [0.1, 0.15) is 0 Å². The molecule has 2 heterocycles. The number of nitrogens with zero attached hydrogens (tertiary/aromatic N) is 4. The summed E-state index contributed by atoms with van der Waals surface area (Å²) in [5.41, 5.74) is 2.40. The Labute approximate surface area is 153 Å². The second-order valence-electron chi connectivity index (χ2n) is 5.57. The zero-order valence-electron chi connectivity index (χ0n) is 14.0. The van der Waals surface area contributed by atoms with E-state index in [9.17, 15) is 0 Å². The number of para-hydroxylation sites is 2. The first-order valence-electron chi connectivity index (χ1n) is 7.89. The van der Waals surface area contributed by atoms with Crippen molar-refractivity contribution in [2.75, 3.05) is 0 Å². The van der Waals surface area contributed by atoms with Gasteiger partial charge in [-0.1, -0.05) is 35.6 Å². The van der Waals surface area contributed by atoms with E-state index < -0.39 is 0 Å². The molecule has 0 fully saturated rings. The molecule has 0 aliphatic rings. The van der Waals surface area contributed by atoms with E-state index in [1.165, 1.54) is 20.4 Å². The van der Waals surface area contributed by atoms with E-state index in [-0.39, 0.29) is 0 Å². The topological polar surface area (TPSA) is 33.5 Å².